The number of anilines is 3. The Bertz CT molecular complexity index is 2280. The first-order valence-corrected chi connectivity index (χ1v) is 21.6. The van der Waals surface area contributed by atoms with Gasteiger partial charge in [0, 0.05) is 56.4 Å². The van der Waals surface area contributed by atoms with E-state index < -0.39 is 86.2 Å². The summed E-state index contributed by atoms with van der Waals surface area (Å²) in [5.41, 5.74) is 2.74. The van der Waals surface area contributed by atoms with E-state index in [2.05, 4.69) is 42.2 Å². The number of hydrazine groups is 1. The minimum Gasteiger partial charge on any atom is -0.738 e. The fourth-order valence-corrected chi connectivity index (χ4v) is 6.83. The van der Waals surface area contributed by atoms with Crippen LogP contribution < -0.4 is 56.9 Å². The number of ether oxygens (including phenoxy) is 3. The van der Waals surface area contributed by atoms with Crippen molar-refractivity contribution in [2.24, 2.45) is 4.99 Å². The van der Waals surface area contributed by atoms with E-state index in [4.69, 9.17) is 24.4 Å². The Morgan fingerprint density at radius 2 is 1.56 bits per heavy atom. The molecule has 10 N–H and O–H groups in total. The Morgan fingerprint density at radius 1 is 0.824 bits per heavy atom. The first-order chi connectivity index (χ1) is 32.8. The van der Waals surface area contributed by atoms with E-state index in [1.165, 1.54) is 18.2 Å². The van der Waals surface area contributed by atoms with Crippen molar-refractivity contribution in [3.8, 4) is 11.5 Å². The average molecular weight is 948 g/mol. The fraction of sp³-hybridized carbons (Fsp3) is 0.409. The van der Waals surface area contributed by atoms with Crippen LogP contribution in [0.5, 0.6) is 11.5 Å². The van der Waals surface area contributed by atoms with Crippen LogP contribution in [0.3, 0.4) is 0 Å². The largest absolute Gasteiger partial charge is 0.738 e. The van der Waals surface area contributed by atoms with Gasteiger partial charge in [-0.1, -0.05) is 36.4 Å². The molecule has 3 aromatic carbocycles. The maximum Gasteiger partial charge on any atom is 0.317 e. The van der Waals surface area contributed by atoms with Gasteiger partial charge in [0.2, 0.25) is 35.8 Å². The fourth-order valence-electron chi connectivity index (χ4n) is 6.83. The molecule has 0 radical (unpaired) electrons. The molecule has 6 amide bonds. The highest BCUT2D eigenvalue weighted by atomic mass is 16.6. The van der Waals surface area contributed by atoms with Gasteiger partial charge in [-0.05, 0) is 42.5 Å². The zero-order valence-corrected chi connectivity index (χ0v) is 37.2. The van der Waals surface area contributed by atoms with Crippen molar-refractivity contribution in [1.82, 2.24) is 31.9 Å². The number of carboxylic acid groups (broad SMARTS) is 1. The lowest BCUT2D eigenvalue weighted by atomic mass is 10.1. The summed E-state index contributed by atoms with van der Waals surface area (Å²) < 4.78 is 16.5. The van der Waals surface area contributed by atoms with Crippen LogP contribution >= 0.6 is 0 Å². The third kappa shape index (κ3) is 15.6. The molecule has 0 aliphatic carbocycles. The van der Waals surface area contributed by atoms with E-state index in [1.807, 2.05) is 0 Å². The molecular weight excluding hydrogens is 893 g/mol. The first kappa shape index (κ1) is 51.6. The average Bonchev–Trinajstić information content (AvgIpc) is 3.63. The second kappa shape index (κ2) is 26.1. The van der Waals surface area contributed by atoms with Gasteiger partial charge in [0.15, 0.2) is 11.5 Å². The van der Waals surface area contributed by atoms with E-state index in [0.717, 1.165) is 18.4 Å². The lowest BCUT2D eigenvalue weighted by molar-refractivity contribution is -0.155. The van der Waals surface area contributed by atoms with Gasteiger partial charge in [0.05, 0.1) is 63.0 Å². The van der Waals surface area contributed by atoms with Crippen LogP contribution in [-0.2, 0) is 51.1 Å². The summed E-state index contributed by atoms with van der Waals surface area (Å²) in [7, 11) is 1.46. The number of fused-ring (bicyclic) bond motifs is 4. The number of hydrogen-bond donors (Lipinski definition) is 10. The number of aliphatic carboxylic acids is 1. The van der Waals surface area contributed by atoms with Crippen molar-refractivity contribution in [1.29, 1.82) is 0 Å². The molecule has 0 unspecified atom stereocenters. The van der Waals surface area contributed by atoms with Crippen molar-refractivity contribution in [2.45, 2.75) is 56.9 Å². The molecule has 24 nitrogen and oxygen atoms in total. The Labute approximate surface area is 390 Å². The van der Waals surface area contributed by atoms with Gasteiger partial charge < -0.3 is 77.1 Å². The van der Waals surface area contributed by atoms with Gasteiger partial charge in [0.1, 0.15) is 12.8 Å². The molecule has 3 atom stereocenters. The molecule has 366 valence electrons. The summed E-state index contributed by atoms with van der Waals surface area (Å²) in [6, 6.07) is 15.1. The van der Waals surface area contributed by atoms with E-state index >= 15 is 0 Å². The Morgan fingerprint density at radius 3 is 2.31 bits per heavy atom. The quantitative estimate of drug-likeness (QED) is 0.0327. The molecule has 2 aliphatic rings. The van der Waals surface area contributed by atoms with Crippen molar-refractivity contribution in [3.05, 3.63) is 77.0 Å². The summed E-state index contributed by atoms with van der Waals surface area (Å²) in [5, 5.41) is 61.2. The van der Waals surface area contributed by atoms with Crippen molar-refractivity contribution in [2.75, 3.05) is 75.3 Å². The van der Waals surface area contributed by atoms with Gasteiger partial charge in [-0.15, -0.1) is 0 Å². The lowest BCUT2D eigenvalue weighted by Crippen LogP contribution is -2.52. The number of carbonyl (C=O) groups excluding carboxylic acids is 6. The standard InChI is InChI=1S/C44H55N10O14/c1-66-35-20-34-31(19-36(35)67-15-7-3-6-14-55)46-21-30-17-28-10-11-29(18-33(28)53(30)54(34)65)51-43(63)44(64)68-26-50-39(58)23-49-42(62)32(16-27-8-4-2-5-9-27)52-40(59)24-48-38(57)22-47-37(56)12-13-45-25-41(60)61/h2,4-5,8-11,18-21,30,32,44-45,55,64H,3,6-7,12-17,22-26H2,1H3,(H,47,56)(H,48,57)(H,49,62)(H,50,58)(H,51,63)(H,52,59)(H,60,61)/q-1/t30-,32-,44-/m0/s1. The topological polar surface area (TPSA) is 334 Å². The van der Waals surface area contributed by atoms with Gasteiger partial charge >= 0.3 is 5.97 Å². The van der Waals surface area contributed by atoms with E-state index in [-0.39, 0.29) is 43.9 Å². The van der Waals surface area contributed by atoms with Crippen LogP contribution in [0.2, 0.25) is 0 Å². The van der Waals surface area contributed by atoms with Crippen LogP contribution in [0.1, 0.15) is 36.8 Å². The number of aliphatic hydroxyl groups is 2. The van der Waals surface area contributed by atoms with E-state index in [9.17, 15) is 43.9 Å². The summed E-state index contributed by atoms with van der Waals surface area (Å²) in [4.78, 5) is 90.7. The second-order valence-corrected chi connectivity index (χ2v) is 15.3. The number of hydrogen-bond acceptors (Lipinski definition) is 17. The molecule has 68 heavy (non-hydrogen) atoms. The van der Waals surface area contributed by atoms with Crippen LogP contribution in [0.25, 0.3) is 0 Å². The van der Waals surface area contributed by atoms with Crippen LogP contribution in [0, 0.1) is 5.21 Å². The van der Waals surface area contributed by atoms with Crippen LogP contribution in [-0.4, -0.2) is 141 Å². The Kier molecular flexibility index (Phi) is 19.8. The van der Waals surface area contributed by atoms with E-state index in [0.29, 0.717) is 53.1 Å². The minimum atomic E-state index is -2.05. The zero-order valence-electron chi connectivity index (χ0n) is 37.2. The Hall–Kier alpha value is -7.38. The second-order valence-electron chi connectivity index (χ2n) is 15.3. The predicted molar refractivity (Wildman–Crippen MR) is 245 cm³/mol. The summed E-state index contributed by atoms with van der Waals surface area (Å²) in [6.07, 6.45) is 2.14. The van der Waals surface area contributed by atoms with E-state index in [1.54, 1.807) is 60.8 Å². The molecule has 0 saturated heterocycles. The number of aliphatic hydroxyl groups excluding tert-OH is 2. The van der Waals surface area contributed by atoms with Gasteiger partial charge in [-0.3, -0.25) is 43.6 Å². The summed E-state index contributed by atoms with van der Waals surface area (Å²) >= 11 is 0. The molecule has 2 aliphatic heterocycles. The first-order valence-electron chi connectivity index (χ1n) is 21.6. The minimum absolute atomic E-state index is 0.0184. The molecule has 0 fully saturated rings. The molecule has 0 bridgehead atoms. The molecule has 2 heterocycles. The number of aliphatic imine (C=N–C) groups is 1. The third-order valence-electron chi connectivity index (χ3n) is 10.2. The number of nitrogens with zero attached hydrogens (tertiary/aromatic N) is 3. The molecule has 0 saturated carbocycles. The summed E-state index contributed by atoms with van der Waals surface area (Å²) in [6.45, 7) is -1.99. The predicted octanol–water partition coefficient (Wildman–Crippen LogP) is -0.909. The number of rotatable bonds is 27. The number of methoxy groups -OCH3 is 1. The van der Waals surface area contributed by atoms with Crippen LogP contribution in [0.15, 0.2) is 65.7 Å². The van der Waals surface area contributed by atoms with Gasteiger partial charge in [-0.25, -0.2) is 0 Å². The molecule has 3 aromatic rings. The number of benzene rings is 3. The van der Waals surface area contributed by atoms with Crippen LogP contribution in [0.4, 0.5) is 22.7 Å². The molecule has 5 rings (SSSR count). The Balaban J connectivity index is 1.07. The highest BCUT2D eigenvalue weighted by Gasteiger charge is 2.33. The molecule has 0 spiro atoms. The SMILES string of the molecule is COc1cc2c(cc1OCCCCCO)N=C[C@@H]1Cc3ccc(NC(=O)[C@@H](O)OCNC(=O)CNC(=O)[C@H](Cc4ccccc4)NC(=O)CNC(=O)CNC(=O)CCNCC(=O)O)cc3N1N2[O-]. The summed E-state index contributed by atoms with van der Waals surface area (Å²) in [5.74, 6) is -4.80. The third-order valence-corrected chi connectivity index (χ3v) is 10.2. The smallest absolute Gasteiger partial charge is 0.317 e. The molecule has 0 aromatic heterocycles. The number of amides is 6. The van der Waals surface area contributed by atoms with Crippen molar-refractivity contribution < 1.29 is 63.1 Å². The number of unbranched alkanes of at least 4 members (excludes halogenated alkanes) is 2. The van der Waals surface area contributed by atoms with Gasteiger partial charge in [0.25, 0.3) is 5.91 Å². The normalized spacial score (nSPS) is 14.2. The van der Waals surface area contributed by atoms with Crippen molar-refractivity contribution in [3.63, 3.8) is 0 Å². The number of carbonyl (C=O) groups is 7. The lowest BCUT2D eigenvalue weighted by Gasteiger charge is -2.42. The molecular formula is C44H55N10O14-. The zero-order chi connectivity index (χ0) is 49.0. The highest BCUT2D eigenvalue weighted by molar-refractivity contribution is 5.95. The van der Waals surface area contributed by atoms with Gasteiger partial charge in [-0.2, -0.15) is 0 Å². The van der Waals surface area contributed by atoms with Crippen molar-refractivity contribution >= 4 is 70.4 Å². The maximum absolute atomic E-state index is 13.9. The number of nitrogens with one attached hydrogen (secondary N) is 7. The molecule has 24 heteroatoms. The maximum atomic E-state index is 13.9. The number of carboxylic acids is 1. The monoisotopic (exact) mass is 947 g/mol. The highest BCUT2D eigenvalue weighted by Crippen LogP contribution is 2.45.